The van der Waals surface area contributed by atoms with Crippen LogP contribution in [0.15, 0.2) is 59.6 Å². The third-order valence-electron chi connectivity index (χ3n) is 5.09. The molecular weight excluding hydrogens is 364 g/mol. The van der Waals surface area contributed by atoms with Gasteiger partial charge in [-0.05, 0) is 30.2 Å². The third kappa shape index (κ3) is 2.70. The summed E-state index contributed by atoms with van der Waals surface area (Å²) >= 11 is 0. The van der Waals surface area contributed by atoms with Crippen LogP contribution in [-0.2, 0) is 10.0 Å². The molecule has 138 valence electrons. The minimum Gasteiger partial charge on any atom is -0.454 e. The molecule has 3 aromatic rings. The van der Waals surface area contributed by atoms with E-state index in [-0.39, 0.29) is 11.7 Å². The highest BCUT2D eigenvalue weighted by molar-refractivity contribution is 7.89. The van der Waals surface area contributed by atoms with E-state index in [0.29, 0.717) is 31.0 Å². The van der Waals surface area contributed by atoms with E-state index in [0.717, 1.165) is 16.5 Å². The van der Waals surface area contributed by atoms with E-state index in [4.69, 9.17) is 9.47 Å². The van der Waals surface area contributed by atoms with Crippen LogP contribution in [-0.4, -0.2) is 37.6 Å². The van der Waals surface area contributed by atoms with Crippen LogP contribution in [0.1, 0.15) is 12.0 Å². The van der Waals surface area contributed by atoms with E-state index in [9.17, 15) is 8.42 Å². The second-order valence-electron chi connectivity index (χ2n) is 6.61. The Morgan fingerprint density at radius 3 is 2.74 bits per heavy atom. The number of H-pyrrole nitrogens is 1. The lowest BCUT2D eigenvalue weighted by Gasteiger charge is -2.26. The highest BCUT2D eigenvalue weighted by atomic mass is 32.2. The Hall–Kier alpha value is -2.77. The number of sulfonamides is 1. The van der Waals surface area contributed by atoms with Gasteiger partial charge in [-0.15, -0.1) is 0 Å². The zero-order valence-corrected chi connectivity index (χ0v) is 15.3. The Labute approximate surface area is 157 Å². The number of benzene rings is 2. The van der Waals surface area contributed by atoms with Crippen LogP contribution in [0.3, 0.4) is 0 Å². The van der Waals surface area contributed by atoms with Crippen LogP contribution in [0.25, 0.3) is 16.5 Å². The van der Waals surface area contributed by atoms with Gasteiger partial charge < -0.3 is 14.5 Å². The summed E-state index contributed by atoms with van der Waals surface area (Å²) in [6, 6.07) is 12.9. The maximum absolute atomic E-state index is 13.0. The van der Waals surface area contributed by atoms with E-state index in [1.54, 1.807) is 12.1 Å². The SMILES string of the molecule is O=S(=O)(c1ccc2c(c1)OCO2)N1CC=C(c2c[nH]c3ccccc23)CC1. The number of rotatable bonds is 3. The molecule has 0 atom stereocenters. The lowest BCUT2D eigenvalue weighted by molar-refractivity contribution is 0.174. The number of para-hydroxylation sites is 1. The minimum absolute atomic E-state index is 0.124. The zero-order valence-electron chi connectivity index (χ0n) is 14.5. The highest BCUT2D eigenvalue weighted by Crippen LogP contribution is 2.36. The Kier molecular flexibility index (Phi) is 3.73. The number of nitrogens with one attached hydrogen (secondary N) is 1. The van der Waals surface area contributed by atoms with Gasteiger partial charge in [0.2, 0.25) is 16.8 Å². The largest absolute Gasteiger partial charge is 0.454 e. The Bertz CT molecular complexity index is 1160. The van der Waals surface area contributed by atoms with Crippen molar-refractivity contribution in [3.8, 4) is 11.5 Å². The van der Waals surface area contributed by atoms with E-state index in [1.165, 1.54) is 15.9 Å². The first-order chi connectivity index (χ1) is 13.1. The lowest BCUT2D eigenvalue weighted by Crippen LogP contribution is -2.34. The smallest absolute Gasteiger partial charge is 0.243 e. The quantitative estimate of drug-likeness (QED) is 0.754. The van der Waals surface area contributed by atoms with Gasteiger partial charge in [-0.1, -0.05) is 24.3 Å². The van der Waals surface area contributed by atoms with Gasteiger partial charge in [-0.25, -0.2) is 8.42 Å². The fourth-order valence-corrected chi connectivity index (χ4v) is 5.03. The summed E-state index contributed by atoms with van der Waals surface area (Å²) in [6.45, 7) is 0.924. The monoisotopic (exact) mass is 382 g/mol. The summed E-state index contributed by atoms with van der Waals surface area (Å²) in [5, 5.41) is 1.16. The molecule has 0 saturated heterocycles. The van der Waals surface area contributed by atoms with Gasteiger partial charge in [-0.2, -0.15) is 4.31 Å². The average Bonchev–Trinajstić information content (AvgIpc) is 3.34. The molecule has 0 unspecified atom stereocenters. The topological polar surface area (TPSA) is 71.6 Å². The maximum Gasteiger partial charge on any atom is 0.243 e. The van der Waals surface area contributed by atoms with Crippen molar-refractivity contribution in [2.45, 2.75) is 11.3 Å². The first-order valence-electron chi connectivity index (χ1n) is 8.78. The maximum atomic E-state index is 13.0. The van der Waals surface area contributed by atoms with Crippen molar-refractivity contribution in [1.29, 1.82) is 0 Å². The lowest BCUT2D eigenvalue weighted by atomic mass is 10.00. The number of hydrogen-bond acceptors (Lipinski definition) is 4. The van der Waals surface area contributed by atoms with E-state index < -0.39 is 10.0 Å². The molecule has 0 spiro atoms. The van der Waals surface area contributed by atoms with Crippen LogP contribution in [0.2, 0.25) is 0 Å². The van der Waals surface area contributed by atoms with Crippen LogP contribution >= 0.6 is 0 Å². The summed E-state index contributed by atoms with van der Waals surface area (Å²) in [5.74, 6) is 1.05. The molecule has 1 aromatic heterocycles. The molecule has 0 radical (unpaired) electrons. The van der Waals surface area contributed by atoms with E-state index >= 15 is 0 Å². The van der Waals surface area contributed by atoms with Crippen LogP contribution < -0.4 is 9.47 Å². The summed E-state index contributed by atoms with van der Waals surface area (Å²) in [4.78, 5) is 3.51. The number of aromatic nitrogens is 1. The van der Waals surface area contributed by atoms with Gasteiger partial charge in [0, 0.05) is 41.8 Å². The normalized spacial score (nSPS) is 17.3. The van der Waals surface area contributed by atoms with Crippen molar-refractivity contribution in [2.24, 2.45) is 0 Å². The molecular formula is C20H18N2O4S. The fraction of sp³-hybridized carbons (Fsp3) is 0.200. The number of hydrogen-bond donors (Lipinski definition) is 1. The van der Waals surface area contributed by atoms with Crippen molar-refractivity contribution in [3.63, 3.8) is 0 Å². The molecule has 0 saturated carbocycles. The number of ether oxygens (including phenoxy) is 2. The highest BCUT2D eigenvalue weighted by Gasteiger charge is 2.28. The van der Waals surface area contributed by atoms with E-state index in [1.807, 2.05) is 30.5 Å². The van der Waals surface area contributed by atoms with Gasteiger partial charge in [0.15, 0.2) is 11.5 Å². The molecule has 2 aromatic carbocycles. The summed E-state index contributed by atoms with van der Waals surface area (Å²) < 4.78 is 38.0. The van der Waals surface area contributed by atoms with Gasteiger partial charge >= 0.3 is 0 Å². The molecule has 6 nitrogen and oxygen atoms in total. The van der Waals surface area contributed by atoms with Gasteiger partial charge in [0.1, 0.15) is 0 Å². The second-order valence-corrected chi connectivity index (χ2v) is 8.54. The average molecular weight is 382 g/mol. The second kappa shape index (κ2) is 6.14. The molecule has 1 N–H and O–H groups in total. The predicted molar refractivity (Wildman–Crippen MR) is 102 cm³/mol. The molecule has 5 rings (SSSR count). The Balaban J connectivity index is 1.42. The van der Waals surface area contributed by atoms with Crippen molar-refractivity contribution >= 4 is 26.5 Å². The Morgan fingerprint density at radius 1 is 1.04 bits per heavy atom. The fourth-order valence-electron chi connectivity index (χ4n) is 3.64. The van der Waals surface area contributed by atoms with Crippen LogP contribution in [0, 0.1) is 0 Å². The first-order valence-corrected chi connectivity index (χ1v) is 10.2. The zero-order chi connectivity index (χ0) is 18.4. The standard InChI is InChI=1S/C20H18N2O4S/c23-27(24,15-5-6-19-20(11-15)26-13-25-19)22-9-7-14(8-10-22)17-12-21-18-4-2-1-3-16(17)18/h1-7,11-12,21H,8-10,13H2. The first kappa shape index (κ1) is 16.4. The molecule has 0 bridgehead atoms. The predicted octanol–water partition coefficient (Wildman–Crippen LogP) is 3.37. The molecule has 0 amide bonds. The molecule has 2 aliphatic rings. The molecule has 2 aliphatic heterocycles. The third-order valence-corrected chi connectivity index (χ3v) is 6.95. The van der Waals surface area contributed by atoms with Crippen molar-refractivity contribution in [1.82, 2.24) is 9.29 Å². The van der Waals surface area contributed by atoms with Crippen molar-refractivity contribution in [2.75, 3.05) is 19.9 Å². The van der Waals surface area contributed by atoms with Crippen LogP contribution in [0.4, 0.5) is 0 Å². The molecule has 0 fully saturated rings. The Morgan fingerprint density at radius 2 is 1.89 bits per heavy atom. The number of nitrogens with zero attached hydrogens (tertiary/aromatic N) is 1. The molecule has 7 heteroatoms. The summed E-state index contributed by atoms with van der Waals surface area (Å²) in [5.41, 5.74) is 3.40. The number of aromatic amines is 1. The van der Waals surface area contributed by atoms with Gasteiger partial charge in [0.25, 0.3) is 0 Å². The van der Waals surface area contributed by atoms with Gasteiger partial charge in [-0.3, -0.25) is 0 Å². The molecule has 0 aliphatic carbocycles. The number of fused-ring (bicyclic) bond motifs is 2. The van der Waals surface area contributed by atoms with Crippen LogP contribution in [0.5, 0.6) is 11.5 Å². The molecule has 27 heavy (non-hydrogen) atoms. The minimum atomic E-state index is -3.57. The van der Waals surface area contributed by atoms with Gasteiger partial charge in [0.05, 0.1) is 4.90 Å². The molecule has 3 heterocycles. The van der Waals surface area contributed by atoms with Crippen molar-refractivity contribution < 1.29 is 17.9 Å². The summed E-state index contributed by atoms with van der Waals surface area (Å²) in [7, 11) is -3.57. The summed E-state index contributed by atoms with van der Waals surface area (Å²) in [6.07, 6.45) is 4.67. The van der Waals surface area contributed by atoms with Crippen molar-refractivity contribution in [3.05, 3.63) is 60.3 Å². The van der Waals surface area contributed by atoms with E-state index in [2.05, 4.69) is 11.1 Å².